The van der Waals surface area contributed by atoms with Gasteiger partial charge in [0.25, 0.3) is 5.91 Å². The second kappa shape index (κ2) is 8.14. The number of aromatic nitrogens is 1. The maximum absolute atomic E-state index is 12.9. The fourth-order valence-electron chi connectivity index (χ4n) is 3.46. The van der Waals surface area contributed by atoms with Crippen LogP contribution in [0.1, 0.15) is 36.5 Å². The molecule has 1 aromatic heterocycles. The summed E-state index contributed by atoms with van der Waals surface area (Å²) in [6.45, 7) is 2.48. The molecule has 3 aromatic rings. The van der Waals surface area contributed by atoms with Crippen LogP contribution in [0.5, 0.6) is 0 Å². The second-order valence-electron chi connectivity index (χ2n) is 7.07. The maximum atomic E-state index is 12.9. The number of anilines is 1. The molecule has 152 valence electrons. The van der Waals surface area contributed by atoms with Crippen LogP contribution in [0.25, 0.3) is 10.2 Å². The number of benzene rings is 2. The molecule has 2 aromatic carbocycles. The monoisotopic (exact) mass is 493 g/mol. The standard InChI is InChI=1S/C20H20BrN3O3S2/c1-13-4-2-3-11-24(13)29(26,27)16-8-5-14(6-9-16)19(25)23-20-22-17-10-7-15(21)12-18(17)28-20/h5-10,12-13H,2-4,11H2,1H3,(H,22,23,25)/t13-/m0/s1. The van der Waals surface area contributed by atoms with Gasteiger partial charge in [-0.15, -0.1) is 0 Å². The van der Waals surface area contributed by atoms with Crippen LogP contribution < -0.4 is 5.32 Å². The van der Waals surface area contributed by atoms with Gasteiger partial charge >= 0.3 is 0 Å². The smallest absolute Gasteiger partial charge is 0.257 e. The molecule has 1 fully saturated rings. The number of thiazole rings is 1. The molecule has 4 rings (SSSR count). The molecular weight excluding hydrogens is 474 g/mol. The molecule has 1 N–H and O–H groups in total. The quantitative estimate of drug-likeness (QED) is 0.561. The highest BCUT2D eigenvalue weighted by Gasteiger charge is 2.30. The SMILES string of the molecule is C[C@H]1CCCCN1S(=O)(=O)c1ccc(C(=O)Nc2nc3ccc(Br)cc3s2)cc1. The van der Waals surface area contributed by atoms with Gasteiger partial charge < -0.3 is 0 Å². The van der Waals surface area contributed by atoms with E-state index < -0.39 is 10.0 Å². The van der Waals surface area contributed by atoms with E-state index in [0.29, 0.717) is 17.2 Å². The summed E-state index contributed by atoms with van der Waals surface area (Å²) in [5.41, 5.74) is 1.20. The minimum Gasteiger partial charge on any atom is -0.298 e. The number of carbonyl (C=O) groups excluding carboxylic acids is 1. The van der Waals surface area contributed by atoms with Crippen molar-refractivity contribution in [2.75, 3.05) is 11.9 Å². The van der Waals surface area contributed by atoms with Gasteiger partial charge in [0, 0.05) is 22.6 Å². The fourth-order valence-corrected chi connectivity index (χ4v) is 6.58. The number of nitrogens with zero attached hydrogens (tertiary/aromatic N) is 2. The number of hydrogen-bond acceptors (Lipinski definition) is 5. The summed E-state index contributed by atoms with van der Waals surface area (Å²) < 4.78 is 29.3. The Hall–Kier alpha value is -1.81. The molecule has 1 saturated heterocycles. The summed E-state index contributed by atoms with van der Waals surface area (Å²) in [6, 6.07) is 11.8. The predicted octanol–water partition coefficient (Wildman–Crippen LogP) is 4.87. The summed E-state index contributed by atoms with van der Waals surface area (Å²) >= 11 is 4.81. The number of fused-ring (bicyclic) bond motifs is 1. The van der Waals surface area contributed by atoms with Crippen LogP contribution in [-0.2, 0) is 10.0 Å². The van der Waals surface area contributed by atoms with E-state index in [2.05, 4.69) is 26.2 Å². The van der Waals surface area contributed by atoms with Gasteiger partial charge in [-0.25, -0.2) is 13.4 Å². The molecule has 0 spiro atoms. The Bertz CT molecular complexity index is 1160. The molecule has 2 heterocycles. The van der Waals surface area contributed by atoms with Crippen LogP contribution >= 0.6 is 27.3 Å². The van der Waals surface area contributed by atoms with Gasteiger partial charge in [-0.05, 0) is 62.2 Å². The minimum absolute atomic E-state index is 0.00389. The van der Waals surface area contributed by atoms with Crippen LogP contribution in [0.2, 0.25) is 0 Å². The topological polar surface area (TPSA) is 79.4 Å². The molecule has 1 aliphatic heterocycles. The lowest BCUT2D eigenvalue weighted by Gasteiger charge is -2.32. The Kier molecular flexibility index (Phi) is 5.74. The van der Waals surface area contributed by atoms with E-state index >= 15 is 0 Å². The van der Waals surface area contributed by atoms with Crippen molar-refractivity contribution in [3.63, 3.8) is 0 Å². The van der Waals surface area contributed by atoms with E-state index in [-0.39, 0.29) is 16.8 Å². The number of halogens is 1. The van der Waals surface area contributed by atoms with Crippen molar-refractivity contribution in [1.82, 2.24) is 9.29 Å². The molecule has 0 unspecified atom stereocenters. The van der Waals surface area contributed by atoms with Crippen molar-refractivity contribution in [3.05, 3.63) is 52.5 Å². The van der Waals surface area contributed by atoms with Crippen molar-refractivity contribution >= 4 is 58.5 Å². The zero-order valence-corrected chi connectivity index (χ0v) is 19.0. The van der Waals surface area contributed by atoms with Crippen molar-refractivity contribution < 1.29 is 13.2 Å². The van der Waals surface area contributed by atoms with E-state index in [9.17, 15) is 13.2 Å². The van der Waals surface area contributed by atoms with E-state index in [4.69, 9.17) is 0 Å². The van der Waals surface area contributed by atoms with Crippen molar-refractivity contribution in [3.8, 4) is 0 Å². The first-order chi connectivity index (χ1) is 13.8. The van der Waals surface area contributed by atoms with E-state index in [1.807, 2.05) is 25.1 Å². The Morgan fingerprint density at radius 2 is 1.97 bits per heavy atom. The summed E-state index contributed by atoms with van der Waals surface area (Å²) in [6.07, 6.45) is 2.80. The van der Waals surface area contributed by atoms with Gasteiger partial charge in [0.15, 0.2) is 5.13 Å². The van der Waals surface area contributed by atoms with Crippen molar-refractivity contribution in [2.24, 2.45) is 0 Å². The van der Waals surface area contributed by atoms with Gasteiger partial charge in [-0.1, -0.05) is 33.7 Å². The van der Waals surface area contributed by atoms with Crippen molar-refractivity contribution in [1.29, 1.82) is 0 Å². The first-order valence-corrected chi connectivity index (χ1v) is 12.4. The third-order valence-electron chi connectivity index (χ3n) is 5.04. The lowest BCUT2D eigenvalue weighted by molar-refractivity contribution is 0.102. The molecule has 0 radical (unpaired) electrons. The first-order valence-electron chi connectivity index (χ1n) is 9.34. The molecule has 0 saturated carbocycles. The normalized spacial score (nSPS) is 18.1. The largest absolute Gasteiger partial charge is 0.298 e. The molecule has 1 amide bonds. The van der Waals surface area contributed by atoms with E-state index in [1.54, 1.807) is 16.4 Å². The number of piperidine rings is 1. The van der Waals surface area contributed by atoms with Gasteiger partial charge in [-0.3, -0.25) is 10.1 Å². The molecule has 6 nitrogen and oxygen atoms in total. The molecule has 29 heavy (non-hydrogen) atoms. The summed E-state index contributed by atoms with van der Waals surface area (Å²) in [7, 11) is -3.55. The maximum Gasteiger partial charge on any atom is 0.257 e. The lowest BCUT2D eigenvalue weighted by Crippen LogP contribution is -2.41. The molecule has 0 bridgehead atoms. The minimum atomic E-state index is -3.55. The van der Waals surface area contributed by atoms with Crippen LogP contribution in [0.3, 0.4) is 0 Å². The Morgan fingerprint density at radius 3 is 2.69 bits per heavy atom. The van der Waals surface area contributed by atoms with Gasteiger partial charge in [-0.2, -0.15) is 4.31 Å². The molecule has 9 heteroatoms. The first kappa shape index (κ1) is 20.5. The third-order valence-corrected chi connectivity index (χ3v) is 8.49. The molecular formula is C20H20BrN3O3S2. The fraction of sp³-hybridized carbons (Fsp3) is 0.300. The number of nitrogens with one attached hydrogen (secondary N) is 1. The summed E-state index contributed by atoms with van der Waals surface area (Å²) in [5.74, 6) is -0.321. The number of sulfonamides is 1. The number of carbonyl (C=O) groups is 1. The van der Waals surface area contributed by atoms with E-state index in [0.717, 1.165) is 34.0 Å². The Balaban J connectivity index is 1.51. The summed E-state index contributed by atoms with van der Waals surface area (Å²) in [4.78, 5) is 17.2. The van der Waals surface area contributed by atoms with Crippen LogP contribution in [-0.4, -0.2) is 36.2 Å². The second-order valence-corrected chi connectivity index (χ2v) is 10.9. The highest BCUT2D eigenvalue weighted by atomic mass is 79.9. The lowest BCUT2D eigenvalue weighted by atomic mass is 10.1. The van der Waals surface area contributed by atoms with Gasteiger partial charge in [0.05, 0.1) is 15.1 Å². The Labute approximate surface area is 182 Å². The molecule has 1 aliphatic rings. The Morgan fingerprint density at radius 1 is 1.21 bits per heavy atom. The average Bonchev–Trinajstić information content (AvgIpc) is 3.09. The number of rotatable bonds is 4. The molecule has 0 aliphatic carbocycles. The number of amides is 1. The number of hydrogen-bond donors (Lipinski definition) is 1. The predicted molar refractivity (Wildman–Crippen MR) is 119 cm³/mol. The zero-order valence-electron chi connectivity index (χ0n) is 15.8. The van der Waals surface area contributed by atoms with Gasteiger partial charge in [0.1, 0.15) is 0 Å². The zero-order chi connectivity index (χ0) is 20.6. The van der Waals surface area contributed by atoms with Crippen LogP contribution in [0.4, 0.5) is 5.13 Å². The third kappa shape index (κ3) is 4.23. The highest BCUT2D eigenvalue weighted by Crippen LogP contribution is 2.29. The van der Waals surface area contributed by atoms with Crippen molar-refractivity contribution in [2.45, 2.75) is 37.1 Å². The van der Waals surface area contributed by atoms with E-state index in [1.165, 1.54) is 23.5 Å². The van der Waals surface area contributed by atoms with Crippen LogP contribution in [0.15, 0.2) is 51.8 Å². The van der Waals surface area contributed by atoms with Gasteiger partial charge in [0.2, 0.25) is 10.0 Å². The molecule has 1 atom stereocenters. The highest BCUT2D eigenvalue weighted by molar-refractivity contribution is 9.10. The average molecular weight is 494 g/mol. The van der Waals surface area contributed by atoms with Crippen LogP contribution in [0, 0.1) is 0 Å². The summed E-state index contributed by atoms with van der Waals surface area (Å²) in [5, 5.41) is 3.29.